The third-order valence-corrected chi connectivity index (χ3v) is 6.31. The van der Waals surface area contributed by atoms with Crippen molar-refractivity contribution in [3.63, 3.8) is 0 Å². The lowest BCUT2D eigenvalue weighted by atomic mass is 9.87. The van der Waals surface area contributed by atoms with Crippen molar-refractivity contribution >= 4 is 29.3 Å². The molecule has 4 rings (SSSR count). The summed E-state index contributed by atoms with van der Waals surface area (Å²) in [7, 11) is 0. The Labute approximate surface area is 184 Å². The van der Waals surface area contributed by atoms with Crippen LogP contribution in [0.15, 0.2) is 47.0 Å². The van der Waals surface area contributed by atoms with Gasteiger partial charge in [0.2, 0.25) is 18.6 Å². The number of carbonyl (C=O) groups is 2. The quantitative estimate of drug-likeness (QED) is 0.742. The molecular weight excluding hydrogens is 414 g/mol. The lowest BCUT2D eigenvalue weighted by Crippen LogP contribution is -2.31. The number of anilines is 1. The van der Waals surface area contributed by atoms with Crippen LogP contribution >= 0.6 is 11.8 Å². The Kier molecular flexibility index (Phi) is 5.87. The van der Waals surface area contributed by atoms with Crippen LogP contribution in [0.1, 0.15) is 29.0 Å². The summed E-state index contributed by atoms with van der Waals surface area (Å²) in [6.07, 6.45) is 0.154. The number of rotatable bonds is 5. The zero-order chi connectivity index (χ0) is 22.0. The molecule has 2 N–H and O–H groups in total. The fourth-order valence-corrected chi connectivity index (χ4v) is 4.38. The van der Waals surface area contributed by atoms with Gasteiger partial charge in [0, 0.05) is 18.0 Å². The number of allylic oxidation sites excluding steroid dienone is 1. The average Bonchev–Trinajstić information content (AvgIpc) is 3.22. The summed E-state index contributed by atoms with van der Waals surface area (Å²) in [5.74, 6) is 0.503. The van der Waals surface area contributed by atoms with E-state index in [9.17, 15) is 14.9 Å². The molecule has 1 atom stereocenters. The van der Waals surface area contributed by atoms with Crippen LogP contribution in [0, 0.1) is 25.2 Å². The number of amides is 2. The van der Waals surface area contributed by atoms with Gasteiger partial charge in [0.1, 0.15) is 0 Å². The number of nitriles is 1. The molecule has 0 radical (unpaired) electrons. The molecular formula is C23H21N3O4S. The van der Waals surface area contributed by atoms with Crippen LogP contribution in [-0.4, -0.2) is 24.4 Å². The summed E-state index contributed by atoms with van der Waals surface area (Å²) in [5.41, 5.74) is 4.19. The molecule has 0 aromatic heterocycles. The van der Waals surface area contributed by atoms with Gasteiger partial charge in [-0.2, -0.15) is 5.26 Å². The van der Waals surface area contributed by atoms with E-state index in [0.717, 1.165) is 28.5 Å². The van der Waals surface area contributed by atoms with Gasteiger partial charge in [0.25, 0.3) is 0 Å². The van der Waals surface area contributed by atoms with Crippen LogP contribution < -0.4 is 20.1 Å². The van der Waals surface area contributed by atoms with Crippen LogP contribution in [0.4, 0.5) is 5.69 Å². The predicted molar refractivity (Wildman–Crippen MR) is 118 cm³/mol. The number of hydrogen-bond donors (Lipinski definition) is 2. The molecule has 0 unspecified atom stereocenters. The molecule has 2 aromatic rings. The number of aryl methyl sites for hydroxylation is 2. The maximum atomic E-state index is 12.4. The Hall–Kier alpha value is -3.44. The van der Waals surface area contributed by atoms with Crippen LogP contribution in [0.3, 0.4) is 0 Å². The normalized spacial score (nSPS) is 17.2. The fourth-order valence-electron chi connectivity index (χ4n) is 3.50. The second-order valence-corrected chi connectivity index (χ2v) is 8.39. The van der Waals surface area contributed by atoms with Crippen molar-refractivity contribution in [3.8, 4) is 17.6 Å². The molecule has 0 saturated heterocycles. The van der Waals surface area contributed by atoms with Gasteiger partial charge in [-0.05, 0) is 54.8 Å². The summed E-state index contributed by atoms with van der Waals surface area (Å²) in [6, 6.07) is 13.4. The standard InChI is InChI=1S/C23H21N3O4S/c1-13-3-5-16(7-14(13)2)25-22(28)11-31-23-18(10-24)17(9-21(27)26-23)15-4-6-19-20(8-15)30-12-29-19/h3-8,17H,9,11-12H2,1-2H3,(H,25,28)(H,26,27)/t17-/m0/s1. The van der Waals surface area contributed by atoms with Crippen molar-refractivity contribution < 1.29 is 19.1 Å². The molecule has 0 fully saturated rings. The number of thioether (sulfide) groups is 1. The van der Waals surface area contributed by atoms with Gasteiger partial charge < -0.3 is 20.1 Å². The molecule has 158 valence electrons. The summed E-state index contributed by atoms with van der Waals surface area (Å²) >= 11 is 1.15. The van der Waals surface area contributed by atoms with Crippen LogP contribution in [0.25, 0.3) is 0 Å². The highest BCUT2D eigenvalue weighted by Gasteiger charge is 2.31. The Morgan fingerprint density at radius 1 is 1.19 bits per heavy atom. The van der Waals surface area contributed by atoms with Crippen molar-refractivity contribution in [2.45, 2.75) is 26.2 Å². The molecule has 2 aromatic carbocycles. The predicted octanol–water partition coefficient (Wildman–Crippen LogP) is 3.74. The molecule has 2 amide bonds. The summed E-state index contributed by atoms with van der Waals surface area (Å²) < 4.78 is 10.8. The molecule has 7 nitrogen and oxygen atoms in total. The van der Waals surface area contributed by atoms with Crippen LogP contribution in [-0.2, 0) is 9.59 Å². The molecule has 2 heterocycles. The lowest BCUT2D eigenvalue weighted by molar-refractivity contribution is -0.121. The van der Waals surface area contributed by atoms with E-state index in [1.165, 1.54) is 0 Å². The van der Waals surface area contributed by atoms with E-state index in [4.69, 9.17) is 9.47 Å². The van der Waals surface area contributed by atoms with Gasteiger partial charge in [-0.1, -0.05) is 23.9 Å². The van der Waals surface area contributed by atoms with Crippen molar-refractivity contribution in [1.82, 2.24) is 5.32 Å². The smallest absolute Gasteiger partial charge is 0.234 e. The van der Waals surface area contributed by atoms with E-state index >= 15 is 0 Å². The summed E-state index contributed by atoms with van der Waals surface area (Å²) in [4.78, 5) is 24.8. The maximum Gasteiger partial charge on any atom is 0.234 e. The first kappa shape index (κ1) is 20.8. The zero-order valence-electron chi connectivity index (χ0n) is 17.2. The first-order valence-electron chi connectivity index (χ1n) is 9.78. The van der Waals surface area contributed by atoms with E-state index in [2.05, 4.69) is 16.7 Å². The minimum absolute atomic E-state index is 0.0710. The molecule has 2 aliphatic rings. The van der Waals surface area contributed by atoms with Crippen molar-refractivity contribution in [1.29, 1.82) is 5.26 Å². The minimum Gasteiger partial charge on any atom is -0.454 e. The van der Waals surface area contributed by atoms with Gasteiger partial charge in [-0.25, -0.2) is 0 Å². The SMILES string of the molecule is Cc1ccc(NC(=O)CSC2=C(C#N)[C@H](c3ccc4c(c3)OCO4)CC(=O)N2)cc1C. The molecule has 0 spiro atoms. The average molecular weight is 436 g/mol. The van der Waals surface area contributed by atoms with E-state index < -0.39 is 5.92 Å². The summed E-state index contributed by atoms with van der Waals surface area (Å²) in [6.45, 7) is 4.15. The highest BCUT2D eigenvalue weighted by atomic mass is 32.2. The van der Waals surface area contributed by atoms with E-state index in [-0.39, 0.29) is 30.8 Å². The number of hydrogen-bond acceptors (Lipinski definition) is 6. The lowest BCUT2D eigenvalue weighted by Gasteiger charge is -2.25. The second-order valence-electron chi connectivity index (χ2n) is 7.41. The number of benzene rings is 2. The number of nitrogens with zero attached hydrogens (tertiary/aromatic N) is 1. The van der Waals surface area contributed by atoms with E-state index in [1.54, 1.807) is 12.1 Å². The van der Waals surface area contributed by atoms with E-state index in [0.29, 0.717) is 27.8 Å². The molecule has 0 saturated carbocycles. The topological polar surface area (TPSA) is 100 Å². The number of nitrogens with one attached hydrogen (secondary N) is 2. The molecule has 0 bridgehead atoms. The fraction of sp³-hybridized carbons (Fsp3) is 0.261. The Morgan fingerprint density at radius 2 is 2.00 bits per heavy atom. The molecule has 2 aliphatic heterocycles. The first-order valence-corrected chi connectivity index (χ1v) is 10.8. The Balaban J connectivity index is 1.50. The largest absolute Gasteiger partial charge is 0.454 e. The highest BCUT2D eigenvalue weighted by molar-refractivity contribution is 8.03. The third kappa shape index (κ3) is 4.52. The number of fused-ring (bicyclic) bond motifs is 1. The van der Waals surface area contributed by atoms with Gasteiger partial charge in [-0.3, -0.25) is 9.59 Å². The van der Waals surface area contributed by atoms with Crippen molar-refractivity contribution in [3.05, 3.63) is 63.7 Å². The van der Waals surface area contributed by atoms with Gasteiger partial charge in [0.15, 0.2) is 11.5 Å². The summed E-state index contributed by atoms with van der Waals surface area (Å²) in [5, 5.41) is 15.8. The second kappa shape index (κ2) is 8.74. The first-order chi connectivity index (χ1) is 14.9. The van der Waals surface area contributed by atoms with Crippen molar-refractivity contribution in [2.24, 2.45) is 0 Å². The molecule has 8 heteroatoms. The number of ether oxygens (including phenoxy) is 2. The minimum atomic E-state index is -0.404. The Morgan fingerprint density at radius 3 is 2.77 bits per heavy atom. The molecule has 31 heavy (non-hydrogen) atoms. The maximum absolute atomic E-state index is 12.4. The van der Waals surface area contributed by atoms with Gasteiger partial charge in [-0.15, -0.1) is 0 Å². The third-order valence-electron chi connectivity index (χ3n) is 5.29. The highest BCUT2D eigenvalue weighted by Crippen LogP contribution is 2.40. The van der Waals surface area contributed by atoms with E-state index in [1.807, 2.05) is 38.1 Å². The van der Waals surface area contributed by atoms with Crippen LogP contribution in [0.2, 0.25) is 0 Å². The number of carbonyl (C=O) groups excluding carboxylic acids is 2. The molecule has 0 aliphatic carbocycles. The van der Waals surface area contributed by atoms with Crippen LogP contribution in [0.5, 0.6) is 11.5 Å². The zero-order valence-corrected chi connectivity index (χ0v) is 18.0. The van der Waals surface area contributed by atoms with Crippen molar-refractivity contribution in [2.75, 3.05) is 17.9 Å². The Bertz CT molecular complexity index is 1140. The van der Waals surface area contributed by atoms with Gasteiger partial charge in [0.05, 0.1) is 22.4 Å². The monoisotopic (exact) mass is 435 g/mol. The van der Waals surface area contributed by atoms with Gasteiger partial charge >= 0.3 is 0 Å².